The second kappa shape index (κ2) is 4.16. The van der Waals surface area contributed by atoms with Crippen LogP contribution in [0.2, 0.25) is 0 Å². The fraction of sp³-hybridized carbons (Fsp3) is 0.455. The normalized spacial score (nSPS) is 14.9. The molecule has 0 bridgehead atoms. The summed E-state index contributed by atoms with van der Waals surface area (Å²) in [4.78, 5) is 2.75. The summed E-state index contributed by atoms with van der Waals surface area (Å²) >= 11 is 0. The average molecular weight is 187 g/mol. The Balaban J connectivity index is 2.02. The Kier molecular flexibility index (Phi) is 2.70. The van der Waals surface area contributed by atoms with Gasteiger partial charge in [-0.3, -0.25) is 0 Å². The lowest BCUT2D eigenvalue weighted by Crippen LogP contribution is -1.90. The van der Waals surface area contributed by atoms with Crippen LogP contribution in [0.15, 0.2) is 29.4 Å². The summed E-state index contributed by atoms with van der Waals surface area (Å²) in [6, 6.07) is 8.62. The molecule has 0 saturated heterocycles. The first-order chi connectivity index (χ1) is 6.90. The number of hydrogen-bond donors (Lipinski definition) is 0. The van der Waals surface area contributed by atoms with Crippen molar-refractivity contribution in [2.24, 2.45) is 5.11 Å². The van der Waals surface area contributed by atoms with Gasteiger partial charge < -0.3 is 0 Å². The Bertz CT molecular complexity index is 363. The van der Waals surface area contributed by atoms with Gasteiger partial charge in [0.25, 0.3) is 0 Å². The SMILES string of the molecule is [N-]=[N+]=NCCc1cccc(C2CC2)c1. The molecule has 2 rings (SSSR count). The van der Waals surface area contributed by atoms with Crippen LogP contribution in [0, 0.1) is 0 Å². The van der Waals surface area contributed by atoms with Gasteiger partial charge in [0.15, 0.2) is 0 Å². The lowest BCUT2D eigenvalue weighted by Gasteiger charge is -2.01. The van der Waals surface area contributed by atoms with Crippen LogP contribution in [0.3, 0.4) is 0 Å². The van der Waals surface area contributed by atoms with E-state index >= 15 is 0 Å². The van der Waals surface area contributed by atoms with Crippen LogP contribution in [0.25, 0.3) is 10.4 Å². The van der Waals surface area contributed by atoms with E-state index in [0.29, 0.717) is 6.54 Å². The molecule has 0 unspecified atom stereocenters. The van der Waals surface area contributed by atoms with Gasteiger partial charge in [-0.25, -0.2) is 0 Å². The molecular formula is C11H13N3. The van der Waals surface area contributed by atoms with Crippen molar-refractivity contribution >= 4 is 0 Å². The Morgan fingerprint density at radius 3 is 3.00 bits per heavy atom. The second-order valence-electron chi connectivity index (χ2n) is 3.72. The maximum Gasteiger partial charge on any atom is 0.0298 e. The molecule has 3 heteroatoms. The van der Waals surface area contributed by atoms with E-state index in [1.165, 1.54) is 24.0 Å². The smallest absolute Gasteiger partial charge is 0.0298 e. The summed E-state index contributed by atoms with van der Waals surface area (Å²) in [5.41, 5.74) is 10.9. The fourth-order valence-electron chi connectivity index (χ4n) is 1.64. The van der Waals surface area contributed by atoms with Gasteiger partial charge in [-0.15, -0.1) is 0 Å². The highest BCUT2D eigenvalue weighted by Crippen LogP contribution is 2.40. The van der Waals surface area contributed by atoms with E-state index in [1.807, 2.05) is 0 Å². The lowest BCUT2D eigenvalue weighted by molar-refractivity contribution is 0.950. The molecule has 72 valence electrons. The molecule has 1 fully saturated rings. The van der Waals surface area contributed by atoms with E-state index in [9.17, 15) is 0 Å². The molecule has 1 saturated carbocycles. The molecule has 0 spiro atoms. The van der Waals surface area contributed by atoms with Gasteiger partial charge in [-0.1, -0.05) is 29.4 Å². The quantitative estimate of drug-likeness (QED) is 0.394. The largest absolute Gasteiger partial charge is 0.0936 e. The van der Waals surface area contributed by atoms with Crippen molar-refractivity contribution in [3.8, 4) is 0 Å². The third kappa shape index (κ3) is 2.27. The molecular weight excluding hydrogens is 174 g/mol. The summed E-state index contributed by atoms with van der Waals surface area (Å²) in [5, 5.41) is 3.54. The maximum atomic E-state index is 8.16. The molecule has 1 aliphatic rings. The molecule has 0 aliphatic heterocycles. The third-order valence-electron chi connectivity index (χ3n) is 2.56. The van der Waals surface area contributed by atoms with Crippen molar-refractivity contribution in [1.82, 2.24) is 0 Å². The second-order valence-corrected chi connectivity index (χ2v) is 3.72. The van der Waals surface area contributed by atoms with Gasteiger partial charge in [0.05, 0.1) is 0 Å². The van der Waals surface area contributed by atoms with E-state index < -0.39 is 0 Å². The molecule has 0 aromatic heterocycles. The molecule has 14 heavy (non-hydrogen) atoms. The standard InChI is InChI=1S/C11H13N3/c12-14-13-7-6-9-2-1-3-11(8-9)10-4-5-10/h1-3,8,10H,4-7H2. The first kappa shape index (κ1) is 9.10. The predicted molar refractivity (Wildman–Crippen MR) is 56.1 cm³/mol. The minimum absolute atomic E-state index is 0.560. The number of benzene rings is 1. The van der Waals surface area contributed by atoms with Gasteiger partial charge in [0, 0.05) is 11.5 Å². The van der Waals surface area contributed by atoms with Crippen LogP contribution in [0.1, 0.15) is 29.9 Å². The molecule has 3 nitrogen and oxygen atoms in total. The molecule has 1 aromatic rings. The highest BCUT2D eigenvalue weighted by molar-refractivity contribution is 5.29. The van der Waals surface area contributed by atoms with Gasteiger partial charge in [-0.05, 0) is 41.8 Å². The molecule has 1 aliphatic carbocycles. The monoisotopic (exact) mass is 187 g/mol. The Morgan fingerprint density at radius 2 is 2.29 bits per heavy atom. The number of azide groups is 1. The minimum atomic E-state index is 0.560. The number of rotatable bonds is 4. The summed E-state index contributed by atoms with van der Waals surface area (Å²) in [5.74, 6) is 0.800. The topological polar surface area (TPSA) is 48.8 Å². The van der Waals surface area contributed by atoms with E-state index in [2.05, 4.69) is 34.3 Å². The van der Waals surface area contributed by atoms with E-state index in [0.717, 1.165) is 12.3 Å². The molecule has 0 heterocycles. The Labute approximate surface area is 83.4 Å². The van der Waals surface area contributed by atoms with Crippen LogP contribution in [0.4, 0.5) is 0 Å². The molecule has 0 atom stereocenters. The Morgan fingerprint density at radius 1 is 1.43 bits per heavy atom. The van der Waals surface area contributed by atoms with E-state index in [4.69, 9.17) is 5.53 Å². The van der Waals surface area contributed by atoms with E-state index in [1.54, 1.807) is 0 Å². The van der Waals surface area contributed by atoms with Gasteiger partial charge >= 0.3 is 0 Å². The summed E-state index contributed by atoms with van der Waals surface area (Å²) < 4.78 is 0. The van der Waals surface area contributed by atoms with E-state index in [-0.39, 0.29) is 0 Å². The van der Waals surface area contributed by atoms with Crippen molar-refractivity contribution in [3.63, 3.8) is 0 Å². The van der Waals surface area contributed by atoms with Crippen molar-refractivity contribution < 1.29 is 0 Å². The highest BCUT2D eigenvalue weighted by Gasteiger charge is 2.23. The minimum Gasteiger partial charge on any atom is -0.0936 e. The van der Waals surface area contributed by atoms with Crippen molar-refractivity contribution in [2.45, 2.75) is 25.2 Å². The van der Waals surface area contributed by atoms with Crippen LogP contribution in [-0.4, -0.2) is 6.54 Å². The third-order valence-corrected chi connectivity index (χ3v) is 2.56. The van der Waals surface area contributed by atoms with Crippen LogP contribution in [-0.2, 0) is 6.42 Å². The van der Waals surface area contributed by atoms with Crippen LogP contribution < -0.4 is 0 Å². The number of nitrogens with zero attached hydrogens (tertiary/aromatic N) is 3. The molecule has 0 radical (unpaired) electrons. The summed E-state index contributed by atoms with van der Waals surface area (Å²) in [7, 11) is 0. The first-order valence-electron chi connectivity index (χ1n) is 5.00. The van der Waals surface area contributed by atoms with Gasteiger partial charge in [0.1, 0.15) is 0 Å². The van der Waals surface area contributed by atoms with Crippen molar-refractivity contribution in [1.29, 1.82) is 0 Å². The highest BCUT2D eigenvalue weighted by atomic mass is 15.1. The lowest BCUT2D eigenvalue weighted by atomic mass is 10.1. The van der Waals surface area contributed by atoms with Crippen LogP contribution >= 0.6 is 0 Å². The zero-order valence-electron chi connectivity index (χ0n) is 8.06. The molecule has 0 N–H and O–H groups in total. The van der Waals surface area contributed by atoms with Gasteiger partial charge in [0.2, 0.25) is 0 Å². The fourth-order valence-corrected chi connectivity index (χ4v) is 1.64. The summed E-state index contributed by atoms with van der Waals surface area (Å²) in [6.07, 6.45) is 3.52. The molecule has 1 aromatic carbocycles. The molecule has 0 amide bonds. The van der Waals surface area contributed by atoms with Crippen molar-refractivity contribution in [2.75, 3.05) is 6.54 Å². The zero-order valence-corrected chi connectivity index (χ0v) is 8.06. The zero-order chi connectivity index (χ0) is 9.80. The maximum absolute atomic E-state index is 8.16. The Hall–Kier alpha value is -1.47. The number of hydrogen-bond acceptors (Lipinski definition) is 1. The summed E-state index contributed by atoms with van der Waals surface area (Å²) in [6.45, 7) is 0.560. The first-order valence-corrected chi connectivity index (χ1v) is 5.00. The predicted octanol–water partition coefficient (Wildman–Crippen LogP) is 3.42. The van der Waals surface area contributed by atoms with Gasteiger partial charge in [-0.2, -0.15) is 0 Å². The van der Waals surface area contributed by atoms with Crippen LogP contribution in [0.5, 0.6) is 0 Å². The average Bonchev–Trinajstić information content (AvgIpc) is 3.02. The van der Waals surface area contributed by atoms with Crippen molar-refractivity contribution in [3.05, 3.63) is 45.8 Å².